The first kappa shape index (κ1) is 23.1. The second-order valence-electron chi connectivity index (χ2n) is 8.11. The molecule has 34 heavy (non-hydrogen) atoms. The van der Waals surface area contributed by atoms with Crippen LogP contribution in [0.5, 0.6) is 11.5 Å². The fraction of sp³-hybridized carbons (Fsp3) is 0.231. The average Bonchev–Trinajstić information content (AvgIpc) is 3.13. The molecule has 4 aromatic rings. The summed E-state index contributed by atoms with van der Waals surface area (Å²) in [5.74, 6) is -1.11. The van der Waals surface area contributed by atoms with E-state index in [0.29, 0.717) is 36.3 Å². The molecule has 0 fully saturated rings. The highest BCUT2D eigenvalue weighted by atomic mass is 16.5. The van der Waals surface area contributed by atoms with Gasteiger partial charge in [-0.3, -0.25) is 4.79 Å². The second-order valence-corrected chi connectivity index (χ2v) is 8.11. The number of fused-ring (bicyclic) bond motifs is 1. The molecule has 0 aliphatic carbocycles. The summed E-state index contributed by atoms with van der Waals surface area (Å²) < 4.78 is 7.38. The van der Waals surface area contributed by atoms with Gasteiger partial charge in [0.05, 0.1) is 12.8 Å². The maximum Gasteiger partial charge on any atom is 0.345 e. The van der Waals surface area contributed by atoms with Crippen molar-refractivity contribution in [2.24, 2.45) is 7.05 Å². The lowest BCUT2D eigenvalue weighted by Crippen LogP contribution is -2.20. The molecule has 0 atom stereocenters. The molecule has 8 nitrogen and oxygen atoms in total. The molecule has 0 saturated carbocycles. The number of hydrogen-bond acceptors (Lipinski definition) is 5. The molecule has 2 heterocycles. The number of aromatic hydroxyl groups is 1. The van der Waals surface area contributed by atoms with Crippen molar-refractivity contribution in [3.63, 3.8) is 0 Å². The summed E-state index contributed by atoms with van der Waals surface area (Å²) >= 11 is 0. The Bertz CT molecular complexity index is 1430. The minimum absolute atomic E-state index is 0.366. The molecule has 0 bridgehead atoms. The summed E-state index contributed by atoms with van der Waals surface area (Å²) in [5, 5.41) is 24.2. The van der Waals surface area contributed by atoms with Crippen LogP contribution >= 0.6 is 0 Å². The van der Waals surface area contributed by atoms with Crippen LogP contribution in [-0.2, 0) is 26.6 Å². The SMILES string of the molecule is CCc1c(-c2ccc3c(c2)cc(CNCc2cccc(OC)c2)n3C)[nH]c(=O)c(C(=O)O)c1O. The van der Waals surface area contributed by atoms with Gasteiger partial charge < -0.3 is 29.8 Å². The van der Waals surface area contributed by atoms with Gasteiger partial charge in [0.1, 0.15) is 11.5 Å². The Hall–Kier alpha value is -4.04. The second kappa shape index (κ2) is 9.44. The van der Waals surface area contributed by atoms with Gasteiger partial charge in [-0.15, -0.1) is 0 Å². The van der Waals surface area contributed by atoms with Crippen molar-refractivity contribution in [3.8, 4) is 22.8 Å². The minimum atomic E-state index is -1.45. The number of hydrogen-bond donors (Lipinski definition) is 4. The third-order valence-corrected chi connectivity index (χ3v) is 6.06. The Kier molecular flexibility index (Phi) is 6.43. The van der Waals surface area contributed by atoms with Crippen molar-refractivity contribution in [2.75, 3.05) is 7.11 Å². The number of nitrogens with one attached hydrogen (secondary N) is 2. The first-order chi connectivity index (χ1) is 16.3. The van der Waals surface area contributed by atoms with E-state index in [-0.39, 0.29) is 0 Å². The number of nitrogens with zero attached hydrogens (tertiary/aromatic N) is 1. The minimum Gasteiger partial charge on any atom is -0.506 e. The lowest BCUT2D eigenvalue weighted by atomic mass is 9.99. The van der Waals surface area contributed by atoms with E-state index >= 15 is 0 Å². The van der Waals surface area contributed by atoms with Crippen molar-refractivity contribution in [1.82, 2.24) is 14.9 Å². The maximum atomic E-state index is 12.3. The number of rotatable bonds is 8. The fourth-order valence-corrected chi connectivity index (χ4v) is 4.27. The molecule has 0 aliphatic rings. The molecular formula is C26H27N3O5. The monoisotopic (exact) mass is 461 g/mol. The summed E-state index contributed by atoms with van der Waals surface area (Å²) in [6, 6.07) is 15.7. The van der Waals surface area contributed by atoms with Crippen molar-refractivity contribution in [2.45, 2.75) is 26.4 Å². The quantitative estimate of drug-likeness (QED) is 0.317. The Morgan fingerprint density at radius 3 is 2.65 bits per heavy atom. The number of ether oxygens (including phenoxy) is 1. The number of pyridine rings is 1. The highest BCUT2D eigenvalue weighted by Gasteiger charge is 2.22. The number of aryl methyl sites for hydroxylation is 1. The first-order valence-electron chi connectivity index (χ1n) is 11.0. The van der Waals surface area contributed by atoms with Crippen LogP contribution in [0.3, 0.4) is 0 Å². The predicted octanol–water partition coefficient (Wildman–Crippen LogP) is 3.80. The van der Waals surface area contributed by atoms with Crippen molar-refractivity contribution >= 4 is 16.9 Å². The smallest absolute Gasteiger partial charge is 0.345 e. The topological polar surface area (TPSA) is 117 Å². The Morgan fingerprint density at radius 1 is 1.15 bits per heavy atom. The van der Waals surface area contributed by atoms with Gasteiger partial charge in [-0.2, -0.15) is 0 Å². The van der Waals surface area contributed by atoms with E-state index in [1.54, 1.807) is 14.0 Å². The van der Waals surface area contributed by atoms with Crippen LogP contribution in [-0.4, -0.2) is 32.8 Å². The molecule has 176 valence electrons. The molecule has 8 heteroatoms. The van der Waals surface area contributed by atoms with Gasteiger partial charge in [0, 0.05) is 42.3 Å². The van der Waals surface area contributed by atoms with Crippen molar-refractivity contribution in [3.05, 3.63) is 81.3 Å². The lowest BCUT2D eigenvalue weighted by molar-refractivity contribution is 0.0691. The third kappa shape index (κ3) is 4.27. The van der Waals surface area contributed by atoms with Crippen LogP contribution in [0.4, 0.5) is 0 Å². The third-order valence-electron chi connectivity index (χ3n) is 6.06. The van der Waals surface area contributed by atoms with Crippen LogP contribution in [0.2, 0.25) is 0 Å². The van der Waals surface area contributed by atoms with Gasteiger partial charge in [-0.05, 0) is 47.9 Å². The molecule has 0 saturated heterocycles. The number of carboxylic acids is 1. The summed E-state index contributed by atoms with van der Waals surface area (Å²) in [4.78, 5) is 26.4. The van der Waals surface area contributed by atoms with Gasteiger partial charge in [0.15, 0.2) is 5.56 Å². The van der Waals surface area contributed by atoms with E-state index in [2.05, 4.69) is 20.9 Å². The normalized spacial score (nSPS) is 11.1. The number of methoxy groups -OCH3 is 1. The summed E-state index contributed by atoms with van der Waals surface area (Å²) in [7, 11) is 3.65. The Balaban J connectivity index is 1.63. The summed E-state index contributed by atoms with van der Waals surface area (Å²) in [6.45, 7) is 3.15. The number of aromatic carboxylic acids is 1. The molecule has 0 unspecified atom stereocenters. The zero-order valence-electron chi connectivity index (χ0n) is 19.3. The number of aromatic nitrogens is 2. The van der Waals surface area contributed by atoms with Crippen LogP contribution in [0.1, 0.15) is 34.1 Å². The van der Waals surface area contributed by atoms with Gasteiger partial charge in [-0.25, -0.2) is 4.79 Å². The molecule has 0 spiro atoms. The Labute approximate surface area is 196 Å². The number of carboxylic acid groups (broad SMARTS) is 1. The van der Waals surface area contributed by atoms with E-state index in [4.69, 9.17) is 4.74 Å². The molecule has 4 N–H and O–H groups in total. The fourth-order valence-electron chi connectivity index (χ4n) is 4.27. The standard InChI is InChI=1S/C26H27N3O5/c1-4-20-23(28-25(31)22(24(20)30)26(32)33)16-8-9-21-17(11-16)12-18(29(21)2)14-27-13-15-6-5-7-19(10-15)34-3/h5-12,27H,4,13-14H2,1-3H3,(H,32,33)(H2,28,30,31). The van der Waals surface area contributed by atoms with Crippen molar-refractivity contribution in [1.29, 1.82) is 0 Å². The van der Waals surface area contributed by atoms with Gasteiger partial charge in [0.2, 0.25) is 0 Å². The molecule has 0 aliphatic heterocycles. The maximum absolute atomic E-state index is 12.3. The van der Waals surface area contributed by atoms with Gasteiger partial charge in [-0.1, -0.05) is 25.1 Å². The average molecular weight is 462 g/mol. The van der Waals surface area contributed by atoms with Gasteiger partial charge >= 0.3 is 5.97 Å². The van der Waals surface area contributed by atoms with E-state index in [1.807, 2.05) is 49.5 Å². The molecule has 2 aromatic heterocycles. The molecule has 2 aromatic carbocycles. The molecular weight excluding hydrogens is 434 g/mol. The van der Waals surface area contributed by atoms with E-state index in [9.17, 15) is 19.8 Å². The van der Waals surface area contributed by atoms with Crippen LogP contribution in [0.25, 0.3) is 22.2 Å². The predicted molar refractivity (Wildman–Crippen MR) is 131 cm³/mol. The summed E-state index contributed by atoms with van der Waals surface area (Å²) in [6.07, 6.45) is 0.366. The van der Waals surface area contributed by atoms with Crippen LogP contribution in [0.15, 0.2) is 53.3 Å². The zero-order valence-corrected chi connectivity index (χ0v) is 19.3. The van der Waals surface area contributed by atoms with E-state index in [0.717, 1.165) is 27.9 Å². The highest BCUT2D eigenvalue weighted by molar-refractivity contribution is 5.92. The van der Waals surface area contributed by atoms with E-state index in [1.165, 1.54) is 0 Å². The number of H-pyrrole nitrogens is 1. The van der Waals surface area contributed by atoms with Gasteiger partial charge in [0.25, 0.3) is 5.56 Å². The van der Waals surface area contributed by atoms with E-state index < -0.39 is 22.8 Å². The molecule has 0 radical (unpaired) electrons. The number of carbonyl (C=O) groups is 1. The highest BCUT2D eigenvalue weighted by Crippen LogP contribution is 2.32. The zero-order chi connectivity index (χ0) is 24.4. The van der Waals surface area contributed by atoms with Crippen LogP contribution in [0, 0.1) is 0 Å². The molecule has 0 amide bonds. The largest absolute Gasteiger partial charge is 0.506 e. The van der Waals surface area contributed by atoms with Crippen molar-refractivity contribution < 1.29 is 19.7 Å². The first-order valence-corrected chi connectivity index (χ1v) is 11.0. The number of aromatic amines is 1. The summed E-state index contributed by atoms with van der Waals surface area (Å²) in [5.41, 5.74) is 3.30. The lowest BCUT2D eigenvalue weighted by Gasteiger charge is -2.12. The van der Waals surface area contributed by atoms with Crippen LogP contribution < -0.4 is 15.6 Å². The Morgan fingerprint density at radius 2 is 1.94 bits per heavy atom. The number of benzene rings is 2. The molecule has 4 rings (SSSR count).